The number of benzene rings is 3. The summed E-state index contributed by atoms with van der Waals surface area (Å²) in [5.74, 6) is 0.624. The van der Waals surface area contributed by atoms with Crippen molar-refractivity contribution in [1.29, 1.82) is 0 Å². The summed E-state index contributed by atoms with van der Waals surface area (Å²) < 4.78 is 17.6. The van der Waals surface area contributed by atoms with Gasteiger partial charge in [0.15, 0.2) is 0 Å². The van der Waals surface area contributed by atoms with E-state index in [-0.39, 0.29) is 25.0 Å². The van der Waals surface area contributed by atoms with Gasteiger partial charge in [-0.1, -0.05) is 53.9 Å². The third-order valence-corrected chi connectivity index (χ3v) is 8.88. The largest absolute Gasteiger partial charge is 0.497 e. The van der Waals surface area contributed by atoms with Crippen molar-refractivity contribution >= 4 is 40.9 Å². The molecule has 2 atom stereocenters. The molecule has 1 saturated heterocycles. The number of piperidine rings is 1. The van der Waals surface area contributed by atoms with Crippen LogP contribution in [0, 0.1) is 0 Å². The Bertz CT molecular complexity index is 1550. The first-order valence-corrected chi connectivity index (χ1v) is 16.6. The first-order valence-electron chi connectivity index (χ1n) is 15.9. The maximum atomic E-state index is 14.7. The zero-order valence-corrected chi connectivity index (χ0v) is 28.3. The van der Waals surface area contributed by atoms with E-state index in [1.165, 1.54) is 6.42 Å². The summed E-state index contributed by atoms with van der Waals surface area (Å²) in [4.78, 5) is 38.3. The fourth-order valence-electron chi connectivity index (χ4n) is 6.24. The number of rotatable bonds is 11. The number of aliphatic imine (C=N–C) groups is 1. The van der Waals surface area contributed by atoms with Crippen molar-refractivity contribution in [2.45, 2.75) is 64.1 Å². The van der Waals surface area contributed by atoms with Crippen LogP contribution in [0.5, 0.6) is 11.5 Å². The van der Waals surface area contributed by atoms with Crippen molar-refractivity contribution in [2.75, 3.05) is 33.4 Å². The lowest BCUT2D eigenvalue weighted by molar-refractivity contribution is -0.152. The summed E-state index contributed by atoms with van der Waals surface area (Å²) in [5, 5.41) is 1.03. The Balaban J connectivity index is 1.77. The highest BCUT2D eigenvalue weighted by Gasteiger charge is 2.59. The second-order valence-corrected chi connectivity index (χ2v) is 12.7. The van der Waals surface area contributed by atoms with E-state index in [0.29, 0.717) is 50.6 Å². The van der Waals surface area contributed by atoms with Crippen LogP contribution in [-0.2, 0) is 19.9 Å². The molecule has 0 saturated carbocycles. The molecule has 1 fully saturated rings. The van der Waals surface area contributed by atoms with Crippen LogP contribution < -0.4 is 9.47 Å². The molecule has 46 heavy (non-hydrogen) atoms. The molecule has 0 unspecified atom stereocenters. The molecule has 0 aliphatic carbocycles. The lowest BCUT2D eigenvalue weighted by Gasteiger charge is -2.36. The minimum Gasteiger partial charge on any atom is -0.497 e. The standard InChI is InChI=1S/C36H41Cl2N3O5/c1-5-45-35(43)36(26-11-15-28(38)16-12-26)33(25-9-13-27(37)14-10-25)41(32(42)19-22-40-20-7-6-8-21-40)34(39-36)30-18-17-29(44-4)23-31(30)46-24(2)3/h9-18,23-24,33H,5-8,19-22H2,1-4H3/t33-,36+/m1/s1. The fraction of sp³-hybridized carbons (Fsp3) is 0.417. The number of nitrogens with zero attached hydrogens (tertiary/aromatic N) is 3. The summed E-state index contributed by atoms with van der Waals surface area (Å²) in [6.07, 6.45) is 3.48. The Morgan fingerprint density at radius 3 is 2.22 bits per heavy atom. The van der Waals surface area contributed by atoms with Crippen LogP contribution in [0.4, 0.5) is 0 Å². The quantitative estimate of drug-likeness (QED) is 0.198. The molecule has 3 aromatic rings. The number of hydrogen-bond acceptors (Lipinski definition) is 7. The zero-order valence-electron chi connectivity index (χ0n) is 26.8. The molecule has 0 radical (unpaired) electrons. The number of amidine groups is 1. The maximum Gasteiger partial charge on any atom is 0.341 e. The molecular formula is C36H41Cl2N3O5. The first-order chi connectivity index (χ1) is 22.2. The second-order valence-electron chi connectivity index (χ2n) is 11.8. The Hall–Kier alpha value is -3.59. The number of ether oxygens (including phenoxy) is 3. The second kappa shape index (κ2) is 14.9. The smallest absolute Gasteiger partial charge is 0.341 e. The van der Waals surface area contributed by atoms with Gasteiger partial charge in [0.05, 0.1) is 25.4 Å². The third-order valence-electron chi connectivity index (χ3n) is 8.37. The van der Waals surface area contributed by atoms with Crippen LogP contribution >= 0.6 is 23.2 Å². The minimum atomic E-state index is -1.67. The first kappa shape index (κ1) is 33.8. The number of carbonyl (C=O) groups excluding carboxylic acids is 2. The molecule has 3 aromatic carbocycles. The van der Waals surface area contributed by atoms with E-state index >= 15 is 0 Å². The lowest BCUT2D eigenvalue weighted by Crippen LogP contribution is -2.47. The molecule has 0 N–H and O–H groups in total. The van der Waals surface area contributed by atoms with E-state index in [9.17, 15) is 9.59 Å². The van der Waals surface area contributed by atoms with Gasteiger partial charge in [-0.05, 0) is 94.2 Å². The number of esters is 1. The topological polar surface area (TPSA) is 80.7 Å². The average molecular weight is 667 g/mol. The Morgan fingerprint density at radius 1 is 0.957 bits per heavy atom. The lowest BCUT2D eigenvalue weighted by atomic mass is 9.79. The molecule has 5 rings (SSSR count). The molecule has 0 aromatic heterocycles. The Labute approximate surface area is 281 Å². The van der Waals surface area contributed by atoms with Crippen molar-refractivity contribution in [2.24, 2.45) is 4.99 Å². The van der Waals surface area contributed by atoms with Gasteiger partial charge in [-0.2, -0.15) is 0 Å². The van der Waals surface area contributed by atoms with Gasteiger partial charge in [0, 0.05) is 29.1 Å². The van der Waals surface area contributed by atoms with Crippen LogP contribution in [0.15, 0.2) is 71.7 Å². The highest BCUT2D eigenvalue weighted by molar-refractivity contribution is 6.30. The highest BCUT2D eigenvalue weighted by atomic mass is 35.5. The minimum absolute atomic E-state index is 0.125. The van der Waals surface area contributed by atoms with Crippen molar-refractivity contribution in [1.82, 2.24) is 9.80 Å². The molecule has 2 heterocycles. The third kappa shape index (κ3) is 7.04. The van der Waals surface area contributed by atoms with Gasteiger partial charge in [0.25, 0.3) is 0 Å². The monoisotopic (exact) mass is 665 g/mol. The van der Waals surface area contributed by atoms with Gasteiger partial charge in [-0.25, -0.2) is 9.79 Å². The van der Waals surface area contributed by atoms with Crippen LogP contribution in [0.1, 0.15) is 69.2 Å². The zero-order chi connectivity index (χ0) is 32.8. The van der Waals surface area contributed by atoms with Gasteiger partial charge >= 0.3 is 5.97 Å². The Morgan fingerprint density at radius 2 is 1.61 bits per heavy atom. The Kier molecular flexibility index (Phi) is 10.9. The van der Waals surface area contributed by atoms with Gasteiger partial charge < -0.3 is 19.1 Å². The SMILES string of the molecule is CCOC(=O)[C@@]1(c2ccc(Cl)cc2)N=C(c2ccc(OC)cc2OC(C)C)N(C(=O)CCN2CCCCC2)[C@@H]1c1ccc(Cl)cc1. The highest BCUT2D eigenvalue weighted by Crippen LogP contribution is 2.51. The normalized spacial score (nSPS) is 20.0. The van der Waals surface area contributed by atoms with Crippen LogP contribution in [0.2, 0.25) is 10.0 Å². The fourth-order valence-corrected chi connectivity index (χ4v) is 6.50. The average Bonchev–Trinajstić information content (AvgIpc) is 3.41. The van der Waals surface area contributed by atoms with Crippen molar-refractivity contribution in [3.63, 3.8) is 0 Å². The maximum absolute atomic E-state index is 14.7. The summed E-state index contributed by atoms with van der Waals surface area (Å²) in [6.45, 7) is 8.24. The van der Waals surface area contributed by atoms with Crippen LogP contribution in [-0.4, -0.2) is 67.0 Å². The number of carbonyl (C=O) groups is 2. The van der Waals surface area contributed by atoms with Crippen molar-refractivity contribution in [3.05, 3.63) is 93.5 Å². The van der Waals surface area contributed by atoms with Gasteiger partial charge in [-0.15, -0.1) is 0 Å². The molecule has 1 amide bonds. The summed E-state index contributed by atoms with van der Waals surface area (Å²) in [7, 11) is 1.58. The summed E-state index contributed by atoms with van der Waals surface area (Å²) in [5.41, 5.74) is 0.107. The van der Waals surface area contributed by atoms with E-state index in [1.807, 2.05) is 32.0 Å². The molecular weight excluding hydrogens is 625 g/mol. The number of amides is 1. The summed E-state index contributed by atoms with van der Waals surface area (Å²) in [6, 6.07) is 18.6. The van der Waals surface area contributed by atoms with E-state index in [2.05, 4.69) is 4.90 Å². The van der Waals surface area contributed by atoms with Crippen molar-refractivity contribution < 1.29 is 23.8 Å². The molecule has 0 spiro atoms. The van der Waals surface area contributed by atoms with E-state index in [4.69, 9.17) is 42.4 Å². The van der Waals surface area contributed by atoms with E-state index in [1.54, 1.807) is 67.5 Å². The van der Waals surface area contributed by atoms with Gasteiger partial charge in [0.2, 0.25) is 11.4 Å². The van der Waals surface area contributed by atoms with Gasteiger partial charge in [0.1, 0.15) is 23.4 Å². The number of hydrogen-bond donors (Lipinski definition) is 0. The van der Waals surface area contributed by atoms with E-state index in [0.717, 1.165) is 25.9 Å². The number of methoxy groups -OCH3 is 1. The van der Waals surface area contributed by atoms with Crippen molar-refractivity contribution in [3.8, 4) is 11.5 Å². The number of likely N-dealkylation sites (tertiary alicyclic amines) is 1. The van der Waals surface area contributed by atoms with E-state index < -0.39 is 17.6 Å². The predicted octanol–water partition coefficient (Wildman–Crippen LogP) is 7.45. The molecule has 10 heteroatoms. The predicted molar refractivity (Wildman–Crippen MR) is 181 cm³/mol. The van der Waals surface area contributed by atoms with Gasteiger partial charge in [-0.3, -0.25) is 9.69 Å². The molecule has 244 valence electrons. The molecule has 2 aliphatic rings. The van der Waals surface area contributed by atoms with Crippen LogP contribution in [0.25, 0.3) is 0 Å². The molecule has 8 nitrogen and oxygen atoms in total. The molecule has 2 aliphatic heterocycles. The number of halogens is 2. The summed E-state index contributed by atoms with van der Waals surface area (Å²) >= 11 is 12.7. The molecule has 0 bridgehead atoms. The van der Waals surface area contributed by atoms with Crippen LogP contribution in [0.3, 0.4) is 0 Å².